The van der Waals surface area contributed by atoms with Gasteiger partial charge in [-0.15, -0.1) is 0 Å². The lowest BCUT2D eigenvalue weighted by molar-refractivity contribution is -0.108. The molecule has 1 atom stereocenters. The summed E-state index contributed by atoms with van der Waals surface area (Å²) in [6.07, 6.45) is 2.70. The van der Waals surface area contributed by atoms with Gasteiger partial charge in [0.25, 0.3) is 0 Å². The molecule has 1 aliphatic rings. The smallest absolute Gasteiger partial charge is 0.131 e. The van der Waals surface area contributed by atoms with Gasteiger partial charge in [-0.25, -0.2) is 0 Å². The molecule has 0 saturated carbocycles. The fourth-order valence-electron chi connectivity index (χ4n) is 2.15. The SMILES string of the molecule is O=CC1C=C(c2ccc(O)cc2)Oc2ccccc21. The first-order valence-corrected chi connectivity index (χ1v) is 6.01. The highest BCUT2D eigenvalue weighted by Crippen LogP contribution is 2.36. The number of para-hydroxylation sites is 1. The number of allylic oxidation sites excluding steroid dienone is 1. The van der Waals surface area contributed by atoms with Gasteiger partial charge in [0.1, 0.15) is 23.5 Å². The van der Waals surface area contributed by atoms with Crippen molar-refractivity contribution in [2.45, 2.75) is 5.92 Å². The Balaban J connectivity index is 2.03. The zero-order chi connectivity index (χ0) is 13.2. The molecule has 0 spiro atoms. The number of benzene rings is 2. The van der Waals surface area contributed by atoms with E-state index in [9.17, 15) is 9.90 Å². The third kappa shape index (κ3) is 2.10. The second-order valence-corrected chi connectivity index (χ2v) is 4.38. The molecule has 3 rings (SSSR count). The fraction of sp³-hybridized carbons (Fsp3) is 0.0625. The molecule has 1 N–H and O–H groups in total. The normalized spacial score (nSPS) is 17.1. The second kappa shape index (κ2) is 4.61. The fourth-order valence-corrected chi connectivity index (χ4v) is 2.15. The molecule has 2 aromatic rings. The number of carbonyl (C=O) groups is 1. The average Bonchev–Trinajstić information content (AvgIpc) is 2.47. The zero-order valence-electron chi connectivity index (χ0n) is 10.1. The first-order valence-electron chi connectivity index (χ1n) is 6.01. The van der Waals surface area contributed by atoms with Crippen LogP contribution in [0.25, 0.3) is 5.76 Å². The summed E-state index contributed by atoms with van der Waals surface area (Å²) >= 11 is 0. The van der Waals surface area contributed by atoms with Gasteiger partial charge in [-0.3, -0.25) is 0 Å². The summed E-state index contributed by atoms with van der Waals surface area (Å²) < 4.78 is 5.81. The lowest BCUT2D eigenvalue weighted by atomic mass is 9.95. The highest BCUT2D eigenvalue weighted by molar-refractivity contribution is 5.76. The summed E-state index contributed by atoms with van der Waals surface area (Å²) in [5, 5.41) is 9.29. The van der Waals surface area contributed by atoms with E-state index in [-0.39, 0.29) is 11.7 Å². The standard InChI is InChI=1S/C16H12O3/c17-10-12-9-16(11-5-7-13(18)8-6-11)19-15-4-2-1-3-14(12)15/h1-10,12,18H. The lowest BCUT2D eigenvalue weighted by Gasteiger charge is -2.21. The summed E-state index contributed by atoms with van der Waals surface area (Å²) in [7, 11) is 0. The van der Waals surface area contributed by atoms with Gasteiger partial charge in [0.05, 0.1) is 5.92 Å². The van der Waals surface area contributed by atoms with Crippen molar-refractivity contribution in [2.75, 3.05) is 0 Å². The van der Waals surface area contributed by atoms with Gasteiger partial charge in [-0.05, 0) is 36.4 Å². The Bertz CT molecular complexity index is 641. The third-order valence-corrected chi connectivity index (χ3v) is 3.13. The van der Waals surface area contributed by atoms with Crippen LogP contribution >= 0.6 is 0 Å². The quantitative estimate of drug-likeness (QED) is 0.835. The number of rotatable bonds is 2. The minimum absolute atomic E-state index is 0.201. The predicted octanol–water partition coefficient (Wildman–Crippen LogP) is 3.11. The first-order chi connectivity index (χ1) is 9.28. The number of phenols is 1. The van der Waals surface area contributed by atoms with E-state index in [0.717, 1.165) is 17.4 Å². The molecular formula is C16H12O3. The van der Waals surface area contributed by atoms with Gasteiger partial charge in [-0.1, -0.05) is 18.2 Å². The zero-order valence-corrected chi connectivity index (χ0v) is 10.1. The van der Waals surface area contributed by atoms with Gasteiger partial charge >= 0.3 is 0 Å². The van der Waals surface area contributed by atoms with E-state index in [1.807, 2.05) is 24.3 Å². The summed E-state index contributed by atoms with van der Waals surface area (Å²) in [6.45, 7) is 0. The molecule has 1 aliphatic heterocycles. The molecular weight excluding hydrogens is 240 g/mol. The van der Waals surface area contributed by atoms with Gasteiger partial charge in [0.2, 0.25) is 0 Å². The van der Waals surface area contributed by atoms with Crippen molar-refractivity contribution in [2.24, 2.45) is 0 Å². The van der Waals surface area contributed by atoms with E-state index in [4.69, 9.17) is 4.74 Å². The molecule has 0 fully saturated rings. The van der Waals surface area contributed by atoms with E-state index >= 15 is 0 Å². The Morgan fingerprint density at radius 1 is 1.05 bits per heavy atom. The van der Waals surface area contributed by atoms with Crippen LogP contribution in [0, 0.1) is 0 Å². The molecule has 0 bridgehead atoms. The van der Waals surface area contributed by atoms with E-state index in [1.54, 1.807) is 30.3 Å². The van der Waals surface area contributed by atoms with Crippen LogP contribution < -0.4 is 4.74 Å². The number of aldehydes is 1. The lowest BCUT2D eigenvalue weighted by Crippen LogP contribution is -2.09. The molecule has 1 unspecified atom stereocenters. The van der Waals surface area contributed by atoms with E-state index < -0.39 is 0 Å². The number of hydrogen-bond donors (Lipinski definition) is 1. The van der Waals surface area contributed by atoms with Crippen molar-refractivity contribution in [1.29, 1.82) is 0 Å². The van der Waals surface area contributed by atoms with Crippen LogP contribution in [0.5, 0.6) is 11.5 Å². The number of carbonyl (C=O) groups excluding carboxylic acids is 1. The number of aromatic hydroxyl groups is 1. The van der Waals surface area contributed by atoms with Crippen molar-refractivity contribution < 1.29 is 14.6 Å². The van der Waals surface area contributed by atoms with Crippen LogP contribution in [0.15, 0.2) is 54.6 Å². The summed E-state index contributed by atoms with van der Waals surface area (Å²) in [5.74, 6) is 1.24. The molecule has 0 aliphatic carbocycles. The Labute approximate surface area is 110 Å². The predicted molar refractivity (Wildman–Crippen MR) is 72.0 cm³/mol. The molecule has 1 heterocycles. The minimum Gasteiger partial charge on any atom is -0.508 e. The molecule has 0 aromatic heterocycles. The Kier molecular flexibility index (Phi) is 2.80. The van der Waals surface area contributed by atoms with Crippen molar-refractivity contribution >= 4 is 12.0 Å². The average molecular weight is 252 g/mol. The summed E-state index contributed by atoms with van der Waals surface area (Å²) in [5.41, 5.74) is 1.71. The summed E-state index contributed by atoms with van der Waals surface area (Å²) in [4.78, 5) is 11.2. The Morgan fingerprint density at radius 3 is 2.53 bits per heavy atom. The number of hydrogen-bond acceptors (Lipinski definition) is 3. The van der Waals surface area contributed by atoms with Gasteiger partial charge in [-0.2, -0.15) is 0 Å². The van der Waals surface area contributed by atoms with Gasteiger partial charge < -0.3 is 14.6 Å². The molecule has 0 radical (unpaired) electrons. The van der Waals surface area contributed by atoms with Gasteiger partial charge in [0, 0.05) is 11.1 Å². The monoisotopic (exact) mass is 252 g/mol. The second-order valence-electron chi connectivity index (χ2n) is 4.38. The van der Waals surface area contributed by atoms with Crippen LogP contribution in [-0.2, 0) is 4.79 Å². The van der Waals surface area contributed by atoms with Crippen LogP contribution in [0.3, 0.4) is 0 Å². The van der Waals surface area contributed by atoms with Crippen LogP contribution in [0.1, 0.15) is 17.0 Å². The van der Waals surface area contributed by atoms with E-state index in [1.165, 1.54) is 0 Å². The number of phenolic OH excluding ortho intramolecular Hbond substituents is 1. The topological polar surface area (TPSA) is 46.5 Å². The van der Waals surface area contributed by atoms with Crippen LogP contribution in [-0.4, -0.2) is 11.4 Å². The Hall–Kier alpha value is -2.55. The summed E-state index contributed by atoms with van der Waals surface area (Å²) in [6, 6.07) is 14.2. The van der Waals surface area contributed by atoms with Gasteiger partial charge in [0.15, 0.2) is 0 Å². The highest BCUT2D eigenvalue weighted by Gasteiger charge is 2.21. The molecule has 3 heteroatoms. The van der Waals surface area contributed by atoms with Crippen LogP contribution in [0.4, 0.5) is 0 Å². The van der Waals surface area contributed by atoms with Crippen molar-refractivity contribution in [3.8, 4) is 11.5 Å². The van der Waals surface area contributed by atoms with Crippen LogP contribution in [0.2, 0.25) is 0 Å². The molecule has 19 heavy (non-hydrogen) atoms. The highest BCUT2D eigenvalue weighted by atomic mass is 16.5. The maximum Gasteiger partial charge on any atom is 0.131 e. The largest absolute Gasteiger partial charge is 0.508 e. The molecule has 94 valence electrons. The Morgan fingerprint density at radius 2 is 1.79 bits per heavy atom. The van der Waals surface area contributed by atoms with E-state index in [2.05, 4.69) is 0 Å². The first kappa shape index (κ1) is 11.5. The maximum atomic E-state index is 11.2. The van der Waals surface area contributed by atoms with E-state index in [0.29, 0.717) is 11.5 Å². The minimum atomic E-state index is -0.297. The molecule has 3 nitrogen and oxygen atoms in total. The van der Waals surface area contributed by atoms with Crippen molar-refractivity contribution in [3.63, 3.8) is 0 Å². The van der Waals surface area contributed by atoms with Crippen molar-refractivity contribution in [1.82, 2.24) is 0 Å². The third-order valence-electron chi connectivity index (χ3n) is 3.13. The number of ether oxygens (including phenoxy) is 1. The molecule has 2 aromatic carbocycles. The number of fused-ring (bicyclic) bond motifs is 1. The molecule has 0 amide bonds. The maximum absolute atomic E-state index is 11.2. The molecule has 0 saturated heterocycles. The van der Waals surface area contributed by atoms with Crippen molar-refractivity contribution in [3.05, 3.63) is 65.7 Å².